The van der Waals surface area contributed by atoms with Gasteiger partial charge in [-0.2, -0.15) is 0 Å². The van der Waals surface area contributed by atoms with Gasteiger partial charge in [-0.05, 0) is 87.2 Å². The van der Waals surface area contributed by atoms with E-state index in [0.717, 1.165) is 16.0 Å². The number of hydrogen-bond donors (Lipinski definition) is 0. The highest BCUT2D eigenvalue weighted by molar-refractivity contribution is 7.98. The molecule has 3 rings (SSSR count). The van der Waals surface area contributed by atoms with Crippen molar-refractivity contribution in [2.75, 3.05) is 13.7 Å². The van der Waals surface area contributed by atoms with Crippen LogP contribution in [0.1, 0.15) is 38.8 Å². The van der Waals surface area contributed by atoms with Gasteiger partial charge in [-0.3, -0.25) is 3.97 Å². The molecule has 0 aliphatic heterocycles. The minimum Gasteiger partial charge on any atom is -0.463 e. The highest BCUT2D eigenvalue weighted by atomic mass is 32.2. The Kier molecular flexibility index (Phi) is 8.98. The molecule has 190 valence electrons. The van der Waals surface area contributed by atoms with Crippen LogP contribution in [0, 0.1) is 5.82 Å². The lowest BCUT2D eigenvalue weighted by Gasteiger charge is -2.24. The van der Waals surface area contributed by atoms with Crippen LogP contribution in [-0.4, -0.2) is 40.2 Å². The van der Waals surface area contributed by atoms with Gasteiger partial charge in [0.15, 0.2) is 0 Å². The van der Waals surface area contributed by atoms with Gasteiger partial charge in [-0.25, -0.2) is 14.0 Å². The molecule has 36 heavy (non-hydrogen) atoms. The lowest BCUT2D eigenvalue weighted by molar-refractivity contribution is -0.137. The van der Waals surface area contributed by atoms with Crippen molar-refractivity contribution in [1.82, 2.24) is 8.87 Å². The van der Waals surface area contributed by atoms with Gasteiger partial charge in [0, 0.05) is 29.8 Å². The van der Waals surface area contributed by atoms with Crippen LogP contribution >= 0.6 is 11.9 Å². The number of rotatable bonds is 8. The van der Waals surface area contributed by atoms with Crippen molar-refractivity contribution in [1.29, 1.82) is 0 Å². The van der Waals surface area contributed by atoms with Crippen molar-refractivity contribution >= 4 is 30.1 Å². The second-order valence-electron chi connectivity index (χ2n) is 9.12. The van der Waals surface area contributed by atoms with Gasteiger partial charge in [-0.1, -0.05) is 24.3 Å². The number of amides is 1. The number of benzene rings is 2. The lowest BCUT2D eigenvalue weighted by Crippen LogP contribution is -2.33. The van der Waals surface area contributed by atoms with Crippen molar-refractivity contribution in [2.45, 2.75) is 44.7 Å². The molecule has 0 bridgehead atoms. The first-order valence-corrected chi connectivity index (χ1v) is 12.4. The summed E-state index contributed by atoms with van der Waals surface area (Å²) in [6.45, 7) is 7.82. The van der Waals surface area contributed by atoms with E-state index in [1.165, 1.54) is 29.0 Å². The SMILES string of the molecule is CCOC(=O)/C=C/c1cccc(Sn2cc(CN(C)C(=O)OC(C)(C)C)cc2-c2ccccc2F)c1. The van der Waals surface area contributed by atoms with E-state index in [9.17, 15) is 14.0 Å². The molecule has 6 nitrogen and oxygen atoms in total. The molecule has 8 heteroatoms. The standard InChI is InChI=1S/C28H31FN2O4S/c1-6-34-26(32)15-14-20-10-9-11-22(16-20)36-31-19-21(18-30(5)27(33)35-28(2,3)4)17-25(31)23-12-7-8-13-24(23)29/h7-17,19H,6,18H2,1-5H3/b15-14+. The lowest BCUT2D eigenvalue weighted by atomic mass is 10.1. The van der Waals surface area contributed by atoms with Gasteiger partial charge in [0.05, 0.1) is 18.8 Å². The van der Waals surface area contributed by atoms with E-state index in [0.29, 0.717) is 24.4 Å². The predicted octanol–water partition coefficient (Wildman–Crippen LogP) is 6.79. The van der Waals surface area contributed by atoms with Crippen LogP contribution in [0.15, 0.2) is 71.8 Å². The van der Waals surface area contributed by atoms with E-state index in [1.807, 2.05) is 61.3 Å². The molecule has 0 unspecified atom stereocenters. The molecule has 2 aromatic carbocycles. The first kappa shape index (κ1) is 27.1. The van der Waals surface area contributed by atoms with Crippen molar-refractivity contribution in [3.63, 3.8) is 0 Å². The molecule has 0 atom stereocenters. The van der Waals surface area contributed by atoms with Crippen molar-refractivity contribution in [3.05, 3.63) is 83.8 Å². The maximum absolute atomic E-state index is 14.7. The largest absolute Gasteiger partial charge is 0.463 e. The van der Waals surface area contributed by atoms with E-state index in [-0.39, 0.29) is 5.82 Å². The van der Waals surface area contributed by atoms with Gasteiger partial charge >= 0.3 is 12.1 Å². The number of esters is 1. The zero-order chi connectivity index (χ0) is 26.3. The van der Waals surface area contributed by atoms with Gasteiger partial charge in [0.2, 0.25) is 0 Å². The van der Waals surface area contributed by atoms with Crippen LogP contribution < -0.4 is 0 Å². The second-order valence-corrected chi connectivity index (χ2v) is 10.2. The molecular weight excluding hydrogens is 479 g/mol. The van der Waals surface area contributed by atoms with Crippen LogP contribution in [-0.2, 0) is 20.8 Å². The van der Waals surface area contributed by atoms with Gasteiger partial charge < -0.3 is 14.4 Å². The maximum atomic E-state index is 14.7. The number of halogens is 1. The van der Waals surface area contributed by atoms with Crippen molar-refractivity contribution < 1.29 is 23.5 Å². The minimum atomic E-state index is -0.599. The maximum Gasteiger partial charge on any atom is 0.410 e. The summed E-state index contributed by atoms with van der Waals surface area (Å²) < 4.78 is 27.0. The molecule has 1 amide bonds. The Labute approximate surface area is 215 Å². The average Bonchev–Trinajstić information content (AvgIpc) is 3.19. The summed E-state index contributed by atoms with van der Waals surface area (Å²) in [5.41, 5.74) is 2.18. The van der Waals surface area contributed by atoms with Gasteiger partial charge in [-0.15, -0.1) is 0 Å². The van der Waals surface area contributed by atoms with E-state index < -0.39 is 17.7 Å². The Morgan fingerprint density at radius 1 is 1.11 bits per heavy atom. The van der Waals surface area contributed by atoms with Crippen LogP contribution in [0.4, 0.5) is 9.18 Å². The highest BCUT2D eigenvalue weighted by Crippen LogP contribution is 2.33. The molecule has 0 aliphatic rings. The Morgan fingerprint density at radius 2 is 1.86 bits per heavy atom. The molecule has 0 radical (unpaired) electrons. The molecule has 0 saturated carbocycles. The monoisotopic (exact) mass is 510 g/mol. The molecule has 3 aromatic rings. The average molecular weight is 511 g/mol. The topological polar surface area (TPSA) is 60.8 Å². The molecule has 0 spiro atoms. The Morgan fingerprint density at radius 3 is 2.56 bits per heavy atom. The number of ether oxygens (including phenoxy) is 2. The Bertz CT molecular complexity index is 1250. The fourth-order valence-corrected chi connectivity index (χ4v) is 4.34. The Balaban J connectivity index is 1.89. The summed E-state index contributed by atoms with van der Waals surface area (Å²) in [7, 11) is 1.67. The summed E-state index contributed by atoms with van der Waals surface area (Å²) in [4.78, 5) is 26.5. The summed E-state index contributed by atoms with van der Waals surface area (Å²) in [5, 5.41) is 0. The zero-order valence-corrected chi connectivity index (χ0v) is 22.0. The third kappa shape index (κ3) is 7.75. The fraction of sp³-hybridized carbons (Fsp3) is 0.286. The van der Waals surface area contributed by atoms with E-state index in [1.54, 1.807) is 38.2 Å². The third-order valence-electron chi connectivity index (χ3n) is 4.88. The smallest absolute Gasteiger partial charge is 0.410 e. The number of hydrogen-bond acceptors (Lipinski definition) is 5. The molecular formula is C28H31FN2O4S. The molecule has 1 aromatic heterocycles. The van der Waals surface area contributed by atoms with Crippen LogP contribution in [0.25, 0.3) is 17.3 Å². The molecule has 0 aliphatic carbocycles. The zero-order valence-electron chi connectivity index (χ0n) is 21.2. The fourth-order valence-electron chi connectivity index (χ4n) is 3.35. The summed E-state index contributed by atoms with van der Waals surface area (Å²) >= 11 is 1.41. The predicted molar refractivity (Wildman–Crippen MR) is 141 cm³/mol. The normalized spacial score (nSPS) is 11.5. The molecule has 0 saturated heterocycles. The molecule has 0 fully saturated rings. The molecule has 1 heterocycles. The summed E-state index contributed by atoms with van der Waals surface area (Å²) in [6.07, 6.45) is 4.53. The second kappa shape index (κ2) is 11.9. The molecule has 0 N–H and O–H groups in total. The number of carbonyl (C=O) groups is 2. The van der Waals surface area contributed by atoms with Gasteiger partial charge in [0.25, 0.3) is 0 Å². The summed E-state index contributed by atoms with van der Waals surface area (Å²) in [6, 6.07) is 16.1. The van der Waals surface area contributed by atoms with Crippen LogP contribution in [0.3, 0.4) is 0 Å². The minimum absolute atomic E-state index is 0.298. The number of nitrogens with zero attached hydrogens (tertiary/aromatic N) is 2. The van der Waals surface area contributed by atoms with Gasteiger partial charge in [0.1, 0.15) is 11.4 Å². The van der Waals surface area contributed by atoms with Crippen molar-refractivity contribution in [2.24, 2.45) is 0 Å². The van der Waals surface area contributed by atoms with Crippen molar-refractivity contribution in [3.8, 4) is 11.3 Å². The van der Waals surface area contributed by atoms with E-state index in [2.05, 4.69) is 0 Å². The summed E-state index contributed by atoms with van der Waals surface area (Å²) in [5.74, 6) is -0.739. The number of carbonyl (C=O) groups excluding carboxylic acids is 2. The Hall–Kier alpha value is -3.52. The first-order chi connectivity index (χ1) is 17.1. The third-order valence-corrected chi connectivity index (χ3v) is 5.84. The van der Waals surface area contributed by atoms with Crippen LogP contribution in [0.5, 0.6) is 0 Å². The number of aromatic nitrogens is 1. The van der Waals surface area contributed by atoms with Crippen LogP contribution in [0.2, 0.25) is 0 Å². The van der Waals surface area contributed by atoms with E-state index in [4.69, 9.17) is 9.47 Å². The quantitative estimate of drug-likeness (QED) is 0.247. The first-order valence-electron chi connectivity index (χ1n) is 11.6. The highest BCUT2D eigenvalue weighted by Gasteiger charge is 2.21. The van der Waals surface area contributed by atoms with E-state index >= 15 is 0 Å².